The van der Waals surface area contributed by atoms with Gasteiger partial charge in [-0.2, -0.15) is 0 Å². The highest BCUT2D eigenvalue weighted by atomic mass is 32.2. The maximum Gasteiger partial charge on any atom is 0.0352 e. The minimum absolute atomic E-state index is 0.0400. The Kier molecular flexibility index (Phi) is 4.72. The monoisotopic (exact) mass is 328 g/mol. The molecule has 0 bridgehead atoms. The second-order valence-corrected chi connectivity index (χ2v) is 9.25. The third-order valence-corrected chi connectivity index (χ3v) is 4.88. The quantitative estimate of drug-likeness (QED) is 0.706. The van der Waals surface area contributed by atoms with Crippen LogP contribution in [0.25, 0.3) is 0 Å². The standard InChI is InChI=1S/C20H28N2S/c1-19(2,3)15-11-13(7-9-17(15)21)23-14-8-10-18(22)16(12-14)20(4,5)6/h7-12H,21-22H2,1-6H3. The Bertz CT molecular complexity index is 645. The average Bonchev–Trinajstić information content (AvgIpc) is 2.40. The Hall–Kier alpha value is -1.61. The molecule has 0 amide bonds. The molecule has 0 heterocycles. The van der Waals surface area contributed by atoms with Crippen LogP contribution in [0, 0.1) is 0 Å². The Morgan fingerprint density at radius 3 is 1.30 bits per heavy atom. The summed E-state index contributed by atoms with van der Waals surface area (Å²) >= 11 is 1.75. The molecule has 0 spiro atoms. The molecule has 0 unspecified atom stereocenters. The van der Waals surface area contributed by atoms with Crippen LogP contribution in [0.15, 0.2) is 46.2 Å². The van der Waals surface area contributed by atoms with Gasteiger partial charge in [0.15, 0.2) is 0 Å². The largest absolute Gasteiger partial charge is 0.398 e. The summed E-state index contributed by atoms with van der Waals surface area (Å²) in [7, 11) is 0. The fraction of sp³-hybridized carbons (Fsp3) is 0.400. The van der Waals surface area contributed by atoms with Crippen LogP contribution < -0.4 is 11.5 Å². The molecule has 0 fully saturated rings. The summed E-state index contributed by atoms with van der Waals surface area (Å²) in [6.07, 6.45) is 0. The van der Waals surface area contributed by atoms with E-state index in [1.54, 1.807) is 11.8 Å². The zero-order valence-corrected chi connectivity index (χ0v) is 15.8. The van der Waals surface area contributed by atoms with Gasteiger partial charge in [0.1, 0.15) is 0 Å². The number of hydrogen-bond donors (Lipinski definition) is 2. The third-order valence-electron chi connectivity index (χ3n) is 3.90. The van der Waals surface area contributed by atoms with Crippen molar-refractivity contribution in [1.29, 1.82) is 0 Å². The summed E-state index contributed by atoms with van der Waals surface area (Å²) in [5.41, 5.74) is 16.5. The van der Waals surface area contributed by atoms with Gasteiger partial charge >= 0.3 is 0 Å². The van der Waals surface area contributed by atoms with Gasteiger partial charge in [0.2, 0.25) is 0 Å². The number of rotatable bonds is 2. The Morgan fingerprint density at radius 1 is 0.652 bits per heavy atom. The summed E-state index contributed by atoms with van der Waals surface area (Å²) in [6.45, 7) is 13.1. The minimum atomic E-state index is 0.0400. The van der Waals surface area contributed by atoms with Gasteiger partial charge in [0.05, 0.1) is 0 Å². The molecular formula is C20H28N2S. The predicted molar refractivity (Wildman–Crippen MR) is 103 cm³/mol. The Balaban J connectivity index is 2.37. The molecule has 0 aliphatic heterocycles. The van der Waals surface area contributed by atoms with Crippen LogP contribution in [-0.4, -0.2) is 0 Å². The normalized spacial score (nSPS) is 12.4. The summed E-state index contributed by atoms with van der Waals surface area (Å²) in [6, 6.07) is 12.6. The lowest BCUT2D eigenvalue weighted by atomic mass is 9.86. The van der Waals surface area contributed by atoms with Gasteiger partial charge in [-0.15, -0.1) is 0 Å². The van der Waals surface area contributed by atoms with E-state index in [0.29, 0.717) is 0 Å². The molecule has 124 valence electrons. The predicted octanol–water partition coefficient (Wildman–Crippen LogP) is 5.60. The first-order valence-electron chi connectivity index (χ1n) is 7.96. The van der Waals surface area contributed by atoms with E-state index in [1.165, 1.54) is 20.9 Å². The molecule has 0 aromatic heterocycles. The second-order valence-electron chi connectivity index (χ2n) is 8.10. The van der Waals surface area contributed by atoms with Crippen LogP contribution in [0.3, 0.4) is 0 Å². The maximum atomic E-state index is 6.14. The van der Waals surface area contributed by atoms with Crippen LogP contribution in [0.4, 0.5) is 11.4 Å². The van der Waals surface area contributed by atoms with E-state index >= 15 is 0 Å². The summed E-state index contributed by atoms with van der Waals surface area (Å²) in [5.74, 6) is 0. The molecule has 0 atom stereocenters. The first kappa shape index (κ1) is 17.7. The van der Waals surface area contributed by atoms with Gasteiger partial charge in [-0.1, -0.05) is 53.3 Å². The third kappa shape index (κ3) is 4.23. The topological polar surface area (TPSA) is 52.0 Å². The van der Waals surface area contributed by atoms with E-state index in [9.17, 15) is 0 Å². The number of nitrogens with two attached hydrogens (primary N) is 2. The molecule has 0 saturated carbocycles. The molecule has 0 radical (unpaired) electrons. The first-order valence-corrected chi connectivity index (χ1v) is 8.78. The van der Waals surface area contributed by atoms with Crippen molar-refractivity contribution in [2.75, 3.05) is 11.5 Å². The van der Waals surface area contributed by atoms with Crippen LogP contribution in [0.2, 0.25) is 0 Å². The van der Waals surface area contributed by atoms with Gasteiger partial charge in [-0.25, -0.2) is 0 Å². The van der Waals surface area contributed by atoms with Crippen molar-refractivity contribution >= 4 is 23.1 Å². The van der Waals surface area contributed by atoms with Crippen molar-refractivity contribution in [3.05, 3.63) is 47.5 Å². The van der Waals surface area contributed by atoms with Crippen LogP contribution in [-0.2, 0) is 10.8 Å². The van der Waals surface area contributed by atoms with E-state index in [-0.39, 0.29) is 10.8 Å². The number of hydrogen-bond acceptors (Lipinski definition) is 3. The lowest BCUT2D eigenvalue weighted by molar-refractivity contribution is 0.591. The first-order chi connectivity index (χ1) is 10.5. The van der Waals surface area contributed by atoms with Crippen molar-refractivity contribution in [2.45, 2.75) is 62.2 Å². The maximum absolute atomic E-state index is 6.14. The molecule has 4 N–H and O–H groups in total. The zero-order valence-electron chi connectivity index (χ0n) is 15.0. The Labute approximate surface area is 144 Å². The van der Waals surface area contributed by atoms with Gasteiger partial charge in [0, 0.05) is 21.2 Å². The van der Waals surface area contributed by atoms with Crippen molar-refractivity contribution in [1.82, 2.24) is 0 Å². The molecule has 23 heavy (non-hydrogen) atoms. The highest BCUT2D eigenvalue weighted by molar-refractivity contribution is 7.99. The lowest BCUT2D eigenvalue weighted by Crippen LogP contribution is -2.14. The van der Waals surface area contributed by atoms with E-state index in [1.807, 2.05) is 12.1 Å². The van der Waals surface area contributed by atoms with E-state index in [2.05, 4.69) is 65.8 Å². The summed E-state index contributed by atoms with van der Waals surface area (Å²) < 4.78 is 0. The fourth-order valence-corrected chi connectivity index (χ4v) is 3.53. The molecule has 0 aliphatic rings. The molecule has 2 aromatic carbocycles. The smallest absolute Gasteiger partial charge is 0.0352 e. The highest BCUT2D eigenvalue weighted by Gasteiger charge is 2.19. The highest BCUT2D eigenvalue weighted by Crippen LogP contribution is 2.37. The molecular weight excluding hydrogens is 300 g/mol. The summed E-state index contributed by atoms with van der Waals surface area (Å²) in [4.78, 5) is 2.41. The lowest BCUT2D eigenvalue weighted by Gasteiger charge is -2.23. The van der Waals surface area contributed by atoms with E-state index in [4.69, 9.17) is 11.5 Å². The minimum Gasteiger partial charge on any atom is -0.398 e. The average molecular weight is 329 g/mol. The molecule has 0 saturated heterocycles. The van der Waals surface area contributed by atoms with Crippen LogP contribution in [0.1, 0.15) is 52.7 Å². The van der Waals surface area contributed by atoms with Crippen molar-refractivity contribution in [2.24, 2.45) is 0 Å². The summed E-state index contributed by atoms with van der Waals surface area (Å²) in [5, 5.41) is 0. The Morgan fingerprint density at radius 2 is 1.00 bits per heavy atom. The van der Waals surface area contributed by atoms with Gasteiger partial charge < -0.3 is 11.5 Å². The SMILES string of the molecule is CC(C)(C)c1cc(Sc2ccc(N)c(C(C)(C)C)c2)ccc1N. The molecule has 3 heteroatoms. The van der Waals surface area contributed by atoms with Crippen LogP contribution >= 0.6 is 11.8 Å². The molecule has 2 rings (SSSR count). The van der Waals surface area contributed by atoms with Gasteiger partial charge in [0.25, 0.3) is 0 Å². The second kappa shape index (κ2) is 6.12. The number of nitrogen functional groups attached to an aromatic ring is 2. The van der Waals surface area contributed by atoms with E-state index in [0.717, 1.165) is 11.4 Å². The van der Waals surface area contributed by atoms with Crippen molar-refractivity contribution in [3.63, 3.8) is 0 Å². The van der Waals surface area contributed by atoms with Crippen molar-refractivity contribution < 1.29 is 0 Å². The van der Waals surface area contributed by atoms with Crippen LogP contribution in [0.5, 0.6) is 0 Å². The van der Waals surface area contributed by atoms with E-state index < -0.39 is 0 Å². The van der Waals surface area contributed by atoms with Crippen molar-refractivity contribution in [3.8, 4) is 0 Å². The molecule has 2 nitrogen and oxygen atoms in total. The molecule has 2 aromatic rings. The zero-order chi connectivity index (χ0) is 17.4. The fourth-order valence-electron chi connectivity index (χ4n) is 2.63. The number of anilines is 2. The van der Waals surface area contributed by atoms with Gasteiger partial charge in [-0.3, -0.25) is 0 Å². The molecule has 0 aliphatic carbocycles. The number of benzene rings is 2. The van der Waals surface area contributed by atoms with Gasteiger partial charge in [-0.05, 0) is 58.4 Å².